The van der Waals surface area contributed by atoms with Gasteiger partial charge < -0.3 is 5.32 Å². The average Bonchev–Trinajstić information content (AvgIpc) is 2.48. The summed E-state index contributed by atoms with van der Waals surface area (Å²) in [6.07, 6.45) is 5.86. The van der Waals surface area contributed by atoms with Crippen molar-refractivity contribution in [2.24, 2.45) is 0 Å². The molecule has 0 bridgehead atoms. The van der Waals surface area contributed by atoms with Gasteiger partial charge in [0.05, 0.1) is 11.0 Å². The Labute approximate surface area is 126 Å². The van der Waals surface area contributed by atoms with Gasteiger partial charge in [0.2, 0.25) is 5.91 Å². The molecule has 0 spiro atoms. The van der Waals surface area contributed by atoms with Crippen LogP contribution >= 0.6 is 0 Å². The van der Waals surface area contributed by atoms with Crippen molar-refractivity contribution in [2.75, 3.05) is 5.32 Å². The van der Waals surface area contributed by atoms with E-state index in [9.17, 15) is 13.2 Å². The van der Waals surface area contributed by atoms with Crippen molar-refractivity contribution in [3.8, 4) is 0 Å². The van der Waals surface area contributed by atoms with Gasteiger partial charge in [0.1, 0.15) is 0 Å². The Hall–Kier alpha value is -1.62. The van der Waals surface area contributed by atoms with Crippen molar-refractivity contribution in [2.45, 2.75) is 43.1 Å². The Balaban J connectivity index is 2.09. The summed E-state index contributed by atoms with van der Waals surface area (Å²) in [5, 5.41) is 2.43. The first kappa shape index (κ1) is 15.8. The molecule has 0 atom stereocenters. The predicted molar refractivity (Wildman–Crippen MR) is 84.8 cm³/mol. The van der Waals surface area contributed by atoms with Crippen LogP contribution in [0.1, 0.15) is 37.7 Å². The van der Waals surface area contributed by atoms with E-state index in [0.29, 0.717) is 11.3 Å². The molecule has 0 heterocycles. The number of anilines is 1. The summed E-state index contributed by atoms with van der Waals surface area (Å²) in [5.74, 6) is -0.266. The van der Waals surface area contributed by atoms with Gasteiger partial charge in [0, 0.05) is 5.69 Å². The maximum Gasteiger partial charge on any atom is 0.247 e. The molecule has 0 aromatic heterocycles. The Kier molecular flexibility index (Phi) is 5.17. The third-order valence-corrected chi connectivity index (χ3v) is 6.03. The highest BCUT2D eigenvalue weighted by molar-refractivity contribution is 7.91. The number of carbonyl (C=O) groups excluding carboxylic acids is 1. The molecule has 0 saturated heterocycles. The van der Waals surface area contributed by atoms with E-state index in [2.05, 4.69) is 11.9 Å². The minimum atomic E-state index is -3.12. The van der Waals surface area contributed by atoms with Crippen molar-refractivity contribution in [3.05, 3.63) is 42.5 Å². The van der Waals surface area contributed by atoms with Gasteiger partial charge in [-0.2, -0.15) is 0 Å². The largest absolute Gasteiger partial charge is 0.323 e. The first-order chi connectivity index (χ1) is 10.0. The van der Waals surface area contributed by atoms with Crippen molar-refractivity contribution in [1.29, 1.82) is 0 Å². The number of carbonyl (C=O) groups is 1. The van der Waals surface area contributed by atoms with Crippen LogP contribution in [0.4, 0.5) is 5.69 Å². The maximum absolute atomic E-state index is 12.4. The zero-order chi connectivity index (χ0) is 15.3. The molecule has 1 saturated carbocycles. The molecule has 1 aliphatic carbocycles. The van der Waals surface area contributed by atoms with Gasteiger partial charge >= 0.3 is 0 Å². The standard InChI is InChI=1S/C16H21NO3S/c1-2-16(18)17-14-8-6-7-13(11-14)12-21(19,20)15-9-4-3-5-10-15/h2,6-8,11,15H,1,3-5,9-10,12H2,(H,17,18). The lowest BCUT2D eigenvalue weighted by atomic mass is 10.0. The molecule has 1 aliphatic rings. The van der Waals surface area contributed by atoms with E-state index in [4.69, 9.17) is 0 Å². The molecule has 1 amide bonds. The zero-order valence-corrected chi connectivity index (χ0v) is 12.9. The molecule has 1 fully saturated rings. The summed E-state index contributed by atoms with van der Waals surface area (Å²) < 4.78 is 24.9. The van der Waals surface area contributed by atoms with Gasteiger partial charge in [0.15, 0.2) is 9.84 Å². The minimum absolute atomic E-state index is 0.0372. The van der Waals surface area contributed by atoms with Crippen LogP contribution in [0, 0.1) is 0 Å². The minimum Gasteiger partial charge on any atom is -0.323 e. The molecule has 21 heavy (non-hydrogen) atoms. The number of rotatable bonds is 5. The molecule has 1 aromatic rings. The summed E-state index contributed by atoms with van der Waals surface area (Å²) in [6.45, 7) is 3.39. The number of hydrogen-bond donors (Lipinski definition) is 1. The highest BCUT2D eigenvalue weighted by Crippen LogP contribution is 2.26. The van der Waals surface area contributed by atoms with E-state index in [0.717, 1.165) is 32.1 Å². The van der Waals surface area contributed by atoms with E-state index < -0.39 is 9.84 Å². The molecule has 0 radical (unpaired) electrons. The van der Waals surface area contributed by atoms with Crippen LogP contribution in [0.5, 0.6) is 0 Å². The van der Waals surface area contributed by atoms with Gasteiger partial charge in [-0.1, -0.05) is 38.0 Å². The van der Waals surface area contributed by atoms with Gasteiger partial charge in [-0.25, -0.2) is 8.42 Å². The normalized spacial score (nSPS) is 16.4. The number of amides is 1. The highest BCUT2D eigenvalue weighted by Gasteiger charge is 2.27. The predicted octanol–water partition coefficient (Wildman–Crippen LogP) is 3.06. The molecule has 114 valence electrons. The monoisotopic (exact) mass is 307 g/mol. The van der Waals surface area contributed by atoms with Crippen LogP contribution in [-0.4, -0.2) is 19.6 Å². The summed E-state index contributed by atoms with van der Waals surface area (Å²) in [7, 11) is -3.12. The SMILES string of the molecule is C=CC(=O)Nc1cccc(CS(=O)(=O)C2CCCCC2)c1. The molecular formula is C16H21NO3S. The van der Waals surface area contributed by atoms with Crippen molar-refractivity contribution in [3.63, 3.8) is 0 Å². The lowest BCUT2D eigenvalue weighted by Crippen LogP contribution is -2.25. The summed E-state index contributed by atoms with van der Waals surface area (Å²) >= 11 is 0. The maximum atomic E-state index is 12.4. The Morgan fingerprint density at radius 2 is 2.00 bits per heavy atom. The average molecular weight is 307 g/mol. The van der Waals surface area contributed by atoms with Crippen LogP contribution in [-0.2, 0) is 20.4 Å². The quantitative estimate of drug-likeness (QED) is 0.850. The third kappa shape index (κ3) is 4.43. The molecule has 2 rings (SSSR count). The second-order valence-electron chi connectivity index (χ2n) is 5.46. The molecule has 1 N–H and O–H groups in total. The molecule has 4 nitrogen and oxygen atoms in total. The first-order valence-electron chi connectivity index (χ1n) is 7.25. The van der Waals surface area contributed by atoms with E-state index in [1.807, 2.05) is 0 Å². The van der Waals surface area contributed by atoms with Crippen molar-refractivity contribution < 1.29 is 13.2 Å². The van der Waals surface area contributed by atoms with E-state index in [1.54, 1.807) is 24.3 Å². The molecular weight excluding hydrogens is 286 g/mol. The molecule has 5 heteroatoms. The van der Waals surface area contributed by atoms with E-state index >= 15 is 0 Å². The lowest BCUT2D eigenvalue weighted by Gasteiger charge is -2.21. The number of hydrogen-bond acceptors (Lipinski definition) is 3. The van der Waals surface area contributed by atoms with Gasteiger partial charge in [-0.3, -0.25) is 4.79 Å². The fourth-order valence-electron chi connectivity index (χ4n) is 2.71. The van der Waals surface area contributed by atoms with Crippen LogP contribution in [0.2, 0.25) is 0 Å². The van der Waals surface area contributed by atoms with Crippen molar-refractivity contribution in [1.82, 2.24) is 0 Å². The Morgan fingerprint density at radius 3 is 2.67 bits per heavy atom. The summed E-state index contributed by atoms with van der Waals surface area (Å²) in [5.41, 5.74) is 1.30. The Bertz CT molecular complexity index is 616. The summed E-state index contributed by atoms with van der Waals surface area (Å²) in [6, 6.07) is 6.98. The Morgan fingerprint density at radius 1 is 1.29 bits per heavy atom. The van der Waals surface area contributed by atoms with Gasteiger partial charge in [-0.15, -0.1) is 0 Å². The third-order valence-electron chi connectivity index (χ3n) is 3.81. The fraction of sp³-hybridized carbons (Fsp3) is 0.438. The van der Waals surface area contributed by atoms with Gasteiger partial charge in [0.25, 0.3) is 0 Å². The van der Waals surface area contributed by atoms with Crippen LogP contribution in [0.25, 0.3) is 0 Å². The van der Waals surface area contributed by atoms with E-state index in [1.165, 1.54) is 6.08 Å². The molecule has 1 aromatic carbocycles. The van der Waals surface area contributed by atoms with Crippen molar-refractivity contribution >= 4 is 21.4 Å². The summed E-state index contributed by atoms with van der Waals surface area (Å²) in [4.78, 5) is 11.3. The van der Waals surface area contributed by atoms with Crippen LogP contribution in [0.15, 0.2) is 36.9 Å². The second kappa shape index (κ2) is 6.89. The smallest absolute Gasteiger partial charge is 0.247 e. The van der Waals surface area contributed by atoms with Gasteiger partial charge in [-0.05, 0) is 36.6 Å². The molecule has 0 unspecified atom stereocenters. The first-order valence-corrected chi connectivity index (χ1v) is 8.97. The van der Waals surface area contributed by atoms with Crippen LogP contribution in [0.3, 0.4) is 0 Å². The lowest BCUT2D eigenvalue weighted by molar-refractivity contribution is -0.111. The number of sulfone groups is 1. The molecule has 0 aliphatic heterocycles. The topological polar surface area (TPSA) is 63.2 Å². The second-order valence-corrected chi connectivity index (χ2v) is 7.74. The van der Waals surface area contributed by atoms with E-state index in [-0.39, 0.29) is 16.9 Å². The number of nitrogens with one attached hydrogen (secondary N) is 1. The highest BCUT2D eigenvalue weighted by atomic mass is 32.2. The fourth-order valence-corrected chi connectivity index (χ4v) is 4.64. The number of benzene rings is 1. The zero-order valence-electron chi connectivity index (χ0n) is 12.0. The van der Waals surface area contributed by atoms with Crippen LogP contribution < -0.4 is 5.32 Å².